The van der Waals surface area contributed by atoms with Gasteiger partial charge in [-0.3, -0.25) is 4.79 Å². The third-order valence-corrected chi connectivity index (χ3v) is 6.23. The van der Waals surface area contributed by atoms with Gasteiger partial charge in [-0.15, -0.1) is 0 Å². The van der Waals surface area contributed by atoms with E-state index in [2.05, 4.69) is 51.7 Å². The molecule has 0 unspecified atom stereocenters. The van der Waals surface area contributed by atoms with Crippen LogP contribution in [0.25, 0.3) is 22.4 Å². The number of ether oxygens (including phenoxy) is 1. The number of alkyl carbamates (subject to hydrolysis) is 1. The third-order valence-electron chi connectivity index (χ3n) is 6.23. The van der Waals surface area contributed by atoms with Crippen molar-refractivity contribution >= 4 is 12.0 Å². The molecule has 0 radical (unpaired) electrons. The number of hydrogen-bond acceptors (Lipinski definition) is 4. The van der Waals surface area contributed by atoms with Gasteiger partial charge in [-0.05, 0) is 41.9 Å². The predicted octanol–water partition coefficient (Wildman–Crippen LogP) is 5.18. The molecule has 2 heterocycles. The lowest BCUT2D eigenvalue weighted by molar-refractivity contribution is -0.134. The summed E-state index contributed by atoms with van der Waals surface area (Å²) in [6, 6.07) is 17.9. The van der Waals surface area contributed by atoms with Crippen LogP contribution >= 0.6 is 0 Å². The van der Waals surface area contributed by atoms with Crippen molar-refractivity contribution in [3.63, 3.8) is 0 Å². The van der Waals surface area contributed by atoms with Crippen LogP contribution in [0.5, 0.6) is 0 Å². The number of hydrogen-bond donors (Lipinski definition) is 2. The number of likely N-dealkylation sites (tertiary alicyclic amines) is 1. The molecule has 4 rings (SSSR count). The molecule has 1 saturated heterocycles. The van der Waals surface area contributed by atoms with Crippen LogP contribution in [-0.2, 0) is 9.53 Å². The molecule has 3 aromatic rings. The standard InChI is InChI=1S/C27H32N4O3/c1-18(2)16-22(30-27(33)34-3)26(32)31-15-7-10-24(31)25-28-17-23(29-25)21-13-11-20(12-14-21)19-8-5-4-6-9-19/h4-6,8-9,11-14,17-18,22,24H,7,10,15-16H2,1-3H3,(H,28,29)(H,30,33)/t22-,24-/m0/s1. The second-order valence-electron chi connectivity index (χ2n) is 9.13. The zero-order chi connectivity index (χ0) is 24.1. The second-order valence-corrected chi connectivity index (χ2v) is 9.13. The number of nitrogens with zero attached hydrogens (tertiary/aromatic N) is 2. The van der Waals surface area contributed by atoms with E-state index in [-0.39, 0.29) is 17.9 Å². The first-order valence-corrected chi connectivity index (χ1v) is 11.8. The van der Waals surface area contributed by atoms with Gasteiger partial charge in [0.1, 0.15) is 11.9 Å². The number of H-pyrrole nitrogens is 1. The summed E-state index contributed by atoms with van der Waals surface area (Å²) in [5.74, 6) is 0.933. The van der Waals surface area contributed by atoms with Crippen LogP contribution in [0.1, 0.15) is 45.0 Å². The Morgan fingerprint density at radius 3 is 2.44 bits per heavy atom. The smallest absolute Gasteiger partial charge is 0.407 e. The van der Waals surface area contributed by atoms with Gasteiger partial charge in [-0.1, -0.05) is 68.4 Å². The Bertz CT molecular complexity index is 1110. The van der Waals surface area contributed by atoms with Crippen LogP contribution in [0.15, 0.2) is 60.8 Å². The highest BCUT2D eigenvalue weighted by Crippen LogP contribution is 2.33. The fourth-order valence-corrected chi connectivity index (χ4v) is 4.53. The average Bonchev–Trinajstić information content (AvgIpc) is 3.53. The van der Waals surface area contributed by atoms with E-state index < -0.39 is 12.1 Å². The van der Waals surface area contributed by atoms with Gasteiger partial charge in [-0.25, -0.2) is 9.78 Å². The van der Waals surface area contributed by atoms with Gasteiger partial charge >= 0.3 is 6.09 Å². The Morgan fingerprint density at radius 2 is 1.76 bits per heavy atom. The van der Waals surface area contributed by atoms with Crippen LogP contribution in [0.4, 0.5) is 4.79 Å². The van der Waals surface area contributed by atoms with E-state index in [1.54, 1.807) is 0 Å². The molecule has 0 bridgehead atoms. The van der Waals surface area contributed by atoms with Crippen molar-refractivity contribution in [2.75, 3.05) is 13.7 Å². The van der Waals surface area contributed by atoms with E-state index in [9.17, 15) is 9.59 Å². The van der Waals surface area contributed by atoms with Crippen molar-refractivity contribution < 1.29 is 14.3 Å². The highest BCUT2D eigenvalue weighted by Gasteiger charge is 2.36. The molecule has 0 aliphatic carbocycles. The second kappa shape index (κ2) is 10.5. The molecule has 0 spiro atoms. The van der Waals surface area contributed by atoms with E-state index in [4.69, 9.17) is 4.74 Å². The minimum absolute atomic E-state index is 0.0910. The zero-order valence-electron chi connectivity index (χ0n) is 20.0. The summed E-state index contributed by atoms with van der Waals surface area (Å²) in [4.78, 5) is 35.1. The van der Waals surface area contributed by atoms with Crippen LogP contribution in [-0.4, -0.2) is 46.6 Å². The summed E-state index contributed by atoms with van der Waals surface area (Å²) in [5, 5.41) is 2.71. The number of aromatic nitrogens is 2. The molecule has 178 valence electrons. The Kier molecular flexibility index (Phi) is 7.30. The molecular weight excluding hydrogens is 428 g/mol. The fourth-order valence-electron chi connectivity index (χ4n) is 4.53. The average molecular weight is 461 g/mol. The number of carbonyl (C=O) groups excluding carboxylic acids is 2. The maximum Gasteiger partial charge on any atom is 0.407 e. The lowest BCUT2D eigenvalue weighted by atomic mass is 10.0. The first kappa shape index (κ1) is 23.5. The molecule has 0 saturated carbocycles. The van der Waals surface area contributed by atoms with Crippen molar-refractivity contribution in [1.29, 1.82) is 0 Å². The van der Waals surface area contributed by atoms with E-state index in [0.29, 0.717) is 13.0 Å². The predicted molar refractivity (Wildman–Crippen MR) is 132 cm³/mol. The molecule has 7 nitrogen and oxygen atoms in total. The first-order valence-electron chi connectivity index (χ1n) is 11.8. The molecule has 1 aliphatic rings. The Morgan fingerprint density at radius 1 is 1.09 bits per heavy atom. The summed E-state index contributed by atoms with van der Waals surface area (Å²) < 4.78 is 4.74. The number of imidazole rings is 1. The Hall–Kier alpha value is -3.61. The highest BCUT2D eigenvalue weighted by atomic mass is 16.5. The topological polar surface area (TPSA) is 87.3 Å². The summed E-state index contributed by atoms with van der Waals surface area (Å²) >= 11 is 0. The monoisotopic (exact) mass is 460 g/mol. The molecule has 1 aromatic heterocycles. The normalized spacial score (nSPS) is 16.5. The summed E-state index contributed by atoms with van der Waals surface area (Å²) in [7, 11) is 1.31. The van der Waals surface area contributed by atoms with Gasteiger partial charge in [-0.2, -0.15) is 0 Å². The molecule has 1 fully saturated rings. The maximum absolute atomic E-state index is 13.4. The summed E-state index contributed by atoms with van der Waals surface area (Å²) in [5.41, 5.74) is 4.29. The van der Waals surface area contributed by atoms with Gasteiger partial charge in [0, 0.05) is 6.54 Å². The van der Waals surface area contributed by atoms with Gasteiger partial charge in [0.25, 0.3) is 0 Å². The SMILES string of the molecule is COC(=O)N[C@@H](CC(C)C)C(=O)N1CCC[C@H]1c1ncc(-c2ccc(-c3ccccc3)cc2)[nH]1. The van der Waals surface area contributed by atoms with Gasteiger partial charge in [0.2, 0.25) is 5.91 Å². The van der Waals surface area contributed by atoms with Crippen LogP contribution in [0.3, 0.4) is 0 Å². The zero-order valence-corrected chi connectivity index (χ0v) is 20.0. The largest absolute Gasteiger partial charge is 0.453 e. The number of aromatic amines is 1. The molecule has 2 amide bonds. The molecule has 34 heavy (non-hydrogen) atoms. The fraction of sp³-hybridized carbons (Fsp3) is 0.370. The number of benzene rings is 2. The number of carbonyl (C=O) groups is 2. The number of amides is 2. The van der Waals surface area contributed by atoms with E-state index in [1.807, 2.05) is 43.1 Å². The highest BCUT2D eigenvalue weighted by molar-refractivity contribution is 5.86. The first-order chi connectivity index (χ1) is 16.5. The summed E-state index contributed by atoms with van der Waals surface area (Å²) in [6.07, 6.45) is 3.51. The summed E-state index contributed by atoms with van der Waals surface area (Å²) in [6.45, 7) is 4.70. The quantitative estimate of drug-likeness (QED) is 0.509. The van der Waals surface area contributed by atoms with Crippen molar-refractivity contribution in [3.05, 3.63) is 66.6 Å². The van der Waals surface area contributed by atoms with Gasteiger partial charge in [0.05, 0.1) is 25.0 Å². The number of rotatable bonds is 7. The molecule has 1 aliphatic heterocycles. The molecule has 2 atom stereocenters. The lowest BCUT2D eigenvalue weighted by Gasteiger charge is -2.29. The van der Waals surface area contributed by atoms with Crippen LogP contribution < -0.4 is 5.32 Å². The van der Waals surface area contributed by atoms with Crippen LogP contribution in [0.2, 0.25) is 0 Å². The van der Waals surface area contributed by atoms with E-state index in [1.165, 1.54) is 12.7 Å². The van der Waals surface area contributed by atoms with Crippen molar-refractivity contribution in [1.82, 2.24) is 20.2 Å². The minimum Gasteiger partial charge on any atom is -0.453 e. The molecular formula is C27H32N4O3. The van der Waals surface area contributed by atoms with Gasteiger partial charge < -0.3 is 19.9 Å². The maximum atomic E-state index is 13.4. The van der Waals surface area contributed by atoms with Crippen molar-refractivity contribution in [2.45, 2.75) is 45.2 Å². The van der Waals surface area contributed by atoms with Crippen molar-refractivity contribution in [3.8, 4) is 22.4 Å². The third kappa shape index (κ3) is 5.30. The lowest BCUT2D eigenvalue weighted by Crippen LogP contribution is -2.49. The number of nitrogens with one attached hydrogen (secondary N) is 2. The van der Waals surface area contributed by atoms with Crippen LogP contribution in [0, 0.1) is 5.92 Å². The minimum atomic E-state index is -0.618. The van der Waals surface area contributed by atoms with Crippen molar-refractivity contribution in [2.24, 2.45) is 5.92 Å². The van der Waals surface area contributed by atoms with Gasteiger partial charge in [0.15, 0.2) is 0 Å². The molecule has 2 N–H and O–H groups in total. The molecule has 7 heteroatoms. The molecule has 2 aromatic carbocycles. The number of methoxy groups -OCH3 is 1. The van der Waals surface area contributed by atoms with E-state index >= 15 is 0 Å². The van der Waals surface area contributed by atoms with E-state index in [0.717, 1.165) is 35.5 Å². The Labute approximate surface area is 200 Å². The Balaban J connectivity index is 1.50.